The second-order valence-electron chi connectivity index (χ2n) is 40.7. The molecule has 0 radical (unpaired) electrons. The van der Waals surface area contributed by atoms with Crippen LogP contribution in [0.15, 0.2) is 0 Å². The zero-order valence-electron chi connectivity index (χ0n) is 96.3. The number of carbonyl (C=O) groups excluding carboxylic acids is 6. The molecule has 0 amide bonds. The number of esters is 6. The molecule has 0 fully saturated rings. The minimum Gasteiger partial charge on any atom is -0.462 e. The highest BCUT2D eigenvalue weighted by molar-refractivity contribution is 7.33. The van der Waals surface area contributed by atoms with Crippen molar-refractivity contribution >= 4 is 68.8 Å². The first-order valence-electron chi connectivity index (χ1n) is 60.8. The minimum atomic E-state index is -2.87. The summed E-state index contributed by atoms with van der Waals surface area (Å²) in [4.78, 5) is 93.5. The van der Waals surface area contributed by atoms with Crippen LogP contribution in [-0.4, -0.2) is 161 Å². The Labute approximate surface area is 915 Å². The van der Waals surface area contributed by atoms with Gasteiger partial charge in [-0.2, -0.15) is 19.6 Å². The molecular weight excluding hydrogens is 2000 g/mol. The van der Waals surface area contributed by atoms with Crippen LogP contribution in [0.2, 0.25) is 0 Å². The Bertz CT molecular complexity index is 2950. The van der Waals surface area contributed by atoms with E-state index in [0.717, 1.165) is 116 Å². The molecule has 0 heterocycles. The molecule has 0 aliphatic carbocycles. The average Bonchev–Trinajstić information content (AvgIpc) is 0.947. The molecule has 0 aliphatic rings. The molecule has 0 aromatic carbocycles. The number of aliphatic hydroxyl groups is 3. The molecule has 9 unspecified atom stereocenters. The van der Waals surface area contributed by atoms with Gasteiger partial charge in [-0.05, 0) is 44.9 Å². The van der Waals surface area contributed by atoms with Crippen LogP contribution in [0.25, 0.3) is 0 Å². The maximum Gasteiger partial charge on any atom is 0.728 e. The molecule has 35 heteroatoms. The van der Waals surface area contributed by atoms with Crippen molar-refractivity contribution in [2.75, 3.05) is 79.8 Å². The number of hydrogen-bond donors (Lipinski definition) is 3. The maximum absolute atomic E-state index is 12.7. The molecule has 31 nitrogen and oxygen atoms in total. The van der Waals surface area contributed by atoms with Crippen molar-refractivity contribution < 1.29 is 147 Å². The highest BCUT2D eigenvalue weighted by atomic mass is 31.1. The van der Waals surface area contributed by atoms with Crippen LogP contribution in [-0.2, 0) is 132 Å². The fraction of sp³-hybridized carbons (Fsp3) is 0.948. The molecule has 150 heavy (non-hydrogen) atoms. The van der Waals surface area contributed by atoms with Crippen molar-refractivity contribution in [2.45, 2.75) is 625 Å². The first-order chi connectivity index (χ1) is 73.3. The molecule has 0 spiro atoms. The van der Waals surface area contributed by atoms with Gasteiger partial charge in [-0.25, -0.2) is 0 Å². The molecule has 0 saturated carbocycles. The first kappa shape index (κ1) is 151. The molecule has 9 atom stereocenters. The summed E-state index contributed by atoms with van der Waals surface area (Å²) in [5.41, 5.74) is 0. The van der Waals surface area contributed by atoms with Gasteiger partial charge in [0.2, 0.25) is 0 Å². The summed E-state index contributed by atoms with van der Waals surface area (Å²) >= 11 is 0. The van der Waals surface area contributed by atoms with Gasteiger partial charge in [0.25, 0.3) is 0 Å². The van der Waals surface area contributed by atoms with Gasteiger partial charge in [0.1, 0.15) is 72.2 Å². The van der Waals surface area contributed by atoms with Crippen molar-refractivity contribution in [3.05, 3.63) is 0 Å². The molecular formula is C115H224O31P4+4. The van der Waals surface area contributed by atoms with E-state index in [1.807, 2.05) is 0 Å². The highest BCUT2D eigenvalue weighted by Crippen LogP contribution is 2.30. The molecule has 3 N–H and O–H groups in total. The standard InChI is InChI=1S/C42H82O14P2.C37H72O9P.C36H70O8P/c1-4-7-9-11-13-15-17-19-21-23-25-27-29-31-41(45)49-36-40(54-42(46)32-30-28-26-24-22-20-18-16-14-12-10-8-5-2)37-53-58(48)56-51-34-39(44)35-52-57(47)55-50-33-38(43)6-3;1-3-5-7-9-11-13-15-17-19-21-23-25-27-29-36(39)42-33-35(34-44-47(41)46-43-32-31-38)45-37(40)30-28-26-24-22-20-18-16-14-12-10-8-6-4-2;1-4-6-8-10-12-14-16-18-20-22-24-26-28-30-35(37)41-32-34(33-42-44-45(39)40-3)43-36(38)31-29-27-25-23-21-19-17-15-13-11-9-7-5-2/h38-40,43-44H,4-37H2,1-3H3;35,38H,3-34H2,1-2H3;34H,4-33H2,1-3H3/q+2;2*+1. The molecule has 0 saturated heterocycles. The number of unbranched alkanes of at least 4 members (excludes halogenated alkanes) is 72. The second-order valence-corrected chi connectivity index (χ2v) is 44.2. The summed E-state index contributed by atoms with van der Waals surface area (Å²) in [5.74, 6) is -2.30. The first-order valence-corrected chi connectivity index (χ1v) is 65.2. The molecule has 0 aliphatic heterocycles. The van der Waals surface area contributed by atoms with Gasteiger partial charge in [-0.1, -0.05) is 511 Å². The van der Waals surface area contributed by atoms with E-state index >= 15 is 0 Å². The summed E-state index contributed by atoms with van der Waals surface area (Å²) < 4.78 is 118. The third-order valence-electron chi connectivity index (χ3n) is 26.2. The Hall–Kier alpha value is -3.38. The van der Waals surface area contributed by atoms with Crippen LogP contribution < -0.4 is 0 Å². The fourth-order valence-corrected chi connectivity index (χ4v) is 18.5. The van der Waals surface area contributed by atoms with Crippen LogP contribution >= 0.6 is 33.0 Å². The van der Waals surface area contributed by atoms with Crippen LogP contribution in [0, 0.1) is 0 Å². The monoisotopic (exact) mass is 2230 g/mol. The lowest BCUT2D eigenvalue weighted by Gasteiger charge is -2.16. The zero-order chi connectivity index (χ0) is 110. The van der Waals surface area contributed by atoms with E-state index in [9.17, 15) is 57.2 Å². The number of hydrogen-bond acceptors (Lipinski definition) is 31. The number of aliphatic hydroxyl groups excluding tert-OH is 3. The van der Waals surface area contributed by atoms with Crippen LogP contribution in [0.1, 0.15) is 594 Å². The summed E-state index contributed by atoms with van der Waals surface area (Å²) in [5, 5.41) is 28.1. The molecule has 0 aromatic heterocycles. The molecule has 886 valence electrons. The number of ether oxygens (including phenoxy) is 6. The van der Waals surface area contributed by atoms with E-state index in [0.29, 0.717) is 38.5 Å². The van der Waals surface area contributed by atoms with E-state index in [1.54, 1.807) is 6.92 Å². The predicted molar refractivity (Wildman–Crippen MR) is 597 cm³/mol. The van der Waals surface area contributed by atoms with Crippen molar-refractivity contribution in [3.63, 3.8) is 0 Å². The lowest BCUT2D eigenvalue weighted by Crippen LogP contribution is -2.29. The quantitative estimate of drug-likeness (QED) is 0.0127. The number of carbonyl (C=O) groups is 6. The van der Waals surface area contributed by atoms with Crippen LogP contribution in [0.4, 0.5) is 0 Å². The molecule has 0 rings (SSSR count). The normalized spacial score (nSPS) is 12.8. The van der Waals surface area contributed by atoms with Crippen molar-refractivity contribution in [3.8, 4) is 0 Å². The van der Waals surface area contributed by atoms with Crippen LogP contribution in [0.5, 0.6) is 0 Å². The highest BCUT2D eigenvalue weighted by Gasteiger charge is 2.32. The predicted octanol–water partition coefficient (Wildman–Crippen LogP) is 34.5. The second kappa shape index (κ2) is 126. The van der Waals surface area contributed by atoms with Crippen molar-refractivity contribution in [2.24, 2.45) is 0 Å². The third-order valence-corrected chi connectivity index (χ3v) is 28.5. The smallest absolute Gasteiger partial charge is 0.462 e. The van der Waals surface area contributed by atoms with E-state index in [1.165, 1.54) is 380 Å². The third kappa shape index (κ3) is 123. The Balaban J connectivity index is -0.00000218. The Morgan fingerprint density at radius 1 is 0.207 bits per heavy atom. The Morgan fingerprint density at radius 3 is 0.600 bits per heavy atom. The van der Waals surface area contributed by atoms with Gasteiger partial charge in [-0.15, -0.1) is 18.1 Å². The minimum absolute atomic E-state index is 0.130. The SMILES string of the molecule is CCCCCCCCCCCCCCCC(=O)OCC(COO[P+](=O)OC)OC(=O)CCCCCCCCCCCCCCC.CCCCCCCCCCCCCCCC(=O)OCC(CO[P+](=O)OOCC(O)CO[P+](=O)OOCC(O)CC)OC(=O)CCCCCCCCCCCCCCC.CCCCCCCCCCCCCCCC(=O)OCC(CO[P+](=O)OOCCO)OC(=O)CCCCCCCCCCCCCCC. The maximum atomic E-state index is 12.7. The average molecular weight is 2230 g/mol. The summed E-state index contributed by atoms with van der Waals surface area (Å²) in [6.07, 6.45) is 92.5. The largest absolute Gasteiger partial charge is 0.728 e. The van der Waals surface area contributed by atoms with Crippen LogP contribution in [0.3, 0.4) is 0 Å². The van der Waals surface area contributed by atoms with E-state index in [4.69, 9.17) is 56.9 Å². The van der Waals surface area contributed by atoms with Gasteiger partial charge < -0.3 is 43.7 Å². The Morgan fingerprint density at radius 2 is 0.387 bits per heavy atom. The molecule has 0 aromatic rings. The van der Waals surface area contributed by atoms with Crippen molar-refractivity contribution in [1.82, 2.24) is 0 Å². The van der Waals surface area contributed by atoms with Gasteiger partial charge in [0.15, 0.2) is 18.3 Å². The zero-order valence-corrected chi connectivity index (χ0v) is 99.9. The van der Waals surface area contributed by atoms with E-state index in [-0.39, 0.29) is 96.6 Å². The summed E-state index contributed by atoms with van der Waals surface area (Å²) in [7, 11) is -9.43. The lowest BCUT2D eigenvalue weighted by molar-refractivity contribution is -0.234. The summed E-state index contributed by atoms with van der Waals surface area (Å²) in [6.45, 7) is 12.1. The van der Waals surface area contributed by atoms with Gasteiger partial charge >= 0.3 is 68.8 Å². The van der Waals surface area contributed by atoms with E-state index in [2.05, 4.69) is 74.5 Å². The van der Waals surface area contributed by atoms with E-state index < -0.39 is 94.7 Å². The molecule has 0 bridgehead atoms. The Kier molecular flexibility index (Phi) is 126. The van der Waals surface area contributed by atoms with Gasteiger partial charge in [0.05, 0.1) is 38.5 Å². The van der Waals surface area contributed by atoms with Gasteiger partial charge in [0, 0.05) is 56.8 Å². The van der Waals surface area contributed by atoms with Crippen molar-refractivity contribution in [1.29, 1.82) is 0 Å². The summed E-state index contributed by atoms with van der Waals surface area (Å²) in [6, 6.07) is 0. The topological polar surface area (TPSA) is 398 Å². The number of rotatable bonds is 120. The van der Waals surface area contributed by atoms with Gasteiger partial charge in [-0.3, -0.25) is 28.8 Å². The fourth-order valence-electron chi connectivity index (χ4n) is 16.8. The lowest BCUT2D eigenvalue weighted by atomic mass is 10.0.